The van der Waals surface area contributed by atoms with Crippen molar-refractivity contribution >= 4 is 11.6 Å². The molecule has 0 saturated carbocycles. The third-order valence-electron chi connectivity index (χ3n) is 3.56. The summed E-state index contributed by atoms with van der Waals surface area (Å²) in [6, 6.07) is 5.28. The van der Waals surface area contributed by atoms with E-state index in [2.05, 4.69) is 25.7 Å². The zero-order valence-electron chi connectivity index (χ0n) is 12.2. The largest absolute Gasteiger partial charge is 0.329 e. The molecule has 0 aliphatic heterocycles. The summed E-state index contributed by atoms with van der Waals surface area (Å²) < 4.78 is 14.1. The third kappa shape index (κ3) is 4.16. The SMILES string of the molecule is CC(C)CC(C)N(C)C(CN)c1cccc(Cl)c1F. The Morgan fingerprint density at radius 3 is 2.47 bits per heavy atom. The molecule has 2 nitrogen and oxygen atoms in total. The van der Waals surface area contributed by atoms with Gasteiger partial charge in [-0.2, -0.15) is 0 Å². The van der Waals surface area contributed by atoms with Crippen LogP contribution >= 0.6 is 11.6 Å². The minimum atomic E-state index is -0.358. The molecule has 1 aromatic rings. The van der Waals surface area contributed by atoms with Gasteiger partial charge in [0.1, 0.15) is 5.82 Å². The molecule has 0 aromatic heterocycles. The number of halogens is 2. The summed E-state index contributed by atoms with van der Waals surface area (Å²) in [5.41, 5.74) is 6.42. The van der Waals surface area contributed by atoms with E-state index in [9.17, 15) is 4.39 Å². The molecule has 0 fully saturated rings. The van der Waals surface area contributed by atoms with E-state index in [1.54, 1.807) is 18.2 Å². The Bertz CT molecular complexity index is 409. The minimum absolute atomic E-state index is 0.146. The van der Waals surface area contributed by atoms with Crippen molar-refractivity contribution in [3.8, 4) is 0 Å². The Hall–Kier alpha value is -0.640. The molecule has 1 rings (SSSR count). The number of hydrogen-bond donors (Lipinski definition) is 1. The fourth-order valence-electron chi connectivity index (χ4n) is 2.45. The molecule has 2 atom stereocenters. The van der Waals surface area contributed by atoms with Gasteiger partial charge in [-0.1, -0.05) is 37.6 Å². The van der Waals surface area contributed by atoms with Crippen LogP contribution in [0.25, 0.3) is 0 Å². The molecule has 0 radical (unpaired) electrons. The van der Waals surface area contributed by atoms with Crippen molar-refractivity contribution in [3.63, 3.8) is 0 Å². The molecule has 0 amide bonds. The number of nitrogens with two attached hydrogens (primary N) is 1. The number of rotatable bonds is 6. The summed E-state index contributed by atoms with van der Waals surface area (Å²) in [5, 5.41) is 0.154. The van der Waals surface area contributed by atoms with Crippen molar-refractivity contribution in [3.05, 3.63) is 34.6 Å². The third-order valence-corrected chi connectivity index (χ3v) is 3.86. The van der Waals surface area contributed by atoms with Crippen LogP contribution in [-0.4, -0.2) is 24.5 Å². The Labute approximate surface area is 120 Å². The summed E-state index contributed by atoms with van der Waals surface area (Å²) >= 11 is 5.85. The summed E-state index contributed by atoms with van der Waals surface area (Å²) in [6.45, 7) is 6.88. The van der Waals surface area contributed by atoms with Crippen LogP contribution in [0.15, 0.2) is 18.2 Å². The monoisotopic (exact) mass is 286 g/mol. The fraction of sp³-hybridized carbons (Fsp3) is 0.600. The van der Waals surface area contributed by atoms with Gasteiger partial charge < -0.3 is 5.73 Å². The Morgan fingerprint density at radius 1 is 1.32 bits per heavy atom. The maximum atomic E-state index is 14.1. The lowest BCUT2D eigenvalue weighted by molar-refractivity contribution is 0.166. The fourth-order valence-corrected chi connectivity index (χ4v) is 2.63. The highest BCUT2D eigenvalue weighted by Gasteiger charge is 2.24. The molecule has 0 heterocycles. The average Bonchev–Trinajstić information content (AvgIpc) is 2.34. The summed E-state index contributed by atoms with van der Waals surface area (Å²) in [6.07, 6.45) is 1.05. The predicted molar refractivity (Wildman–Crippen MR) is 79.9 cm³/mol. The quantitative estimate of drug-likeness (QED) is 0.861. The second kappa shape index (κ2) is 7.22. The average molecular weight is 287 g/mol. The smallest absolute Gasteiger partial charge is 0.146 e. The van der Waals surface area contributed by atoms with Crippen LogP contribution in [0.4, 0.5) is 4.39 Å². The summed E-state index contributed by atoms with van der Waals surface area (Å²) in [5.74, 6) is 0.239. The Morgan fingerprint density at radius 2 is 1.95 bits per heavy atom. The molecule has 0 spiro atoms. The molecule has 0 saturated heterocycles. The van der Waals surface area contributed by atoms with Crippen molar-refractivity contribution in [2.75, 3.05) is 13.6 Å². The van der Waals surface area contributed by atoms with Crippen LogP contribution in [-0.2, 0) is 0 Å². The van der Waals surface area contributed by atoms with Gasteiger partial charge in [0.2, 0.25) is 0 Å². The van der Waals surface area contributed by atoms with Crippen molar-refractivity contribution in [1.29, 1.82) is 0 Å². The zero-order chi connectivity index (χ0) is 14.6. The highest BCUT2D eigenvalue weighted by molar-refractivity contribution is 6.30. The maximum absolute atomic E-state index is 14.1. The van der Waals surface area contributed by atoms with E-state index in [0.717, 1.165) is 6.42 Å². The van der Waals surface area contributed by atoms with Crippen LogP contribution in [0, 0.1) is 11.7 Å². The summed E-state index contributed by atoms with van der Waals surface area (Å²) in [7, 11) is 1.99. The van der Waals surface area contributed by atoms with E-state index in [4.69, 9.17) is 17.3 Å². The van der Waals surface area contributed by atoms with E-state index < -0.39 is 0 Å². The van der Waals surface area contributed by atoms with Gasteiger partial charge in [-0.15, -0.1) is 0 Å². The van der Waals surface area contributed by atoms with Gasteiger partial charge >= 0.3 is 0 Å². The second-order valence-corrected chi connectivity index (χ2v) is 5.95. The van der Waals surface area contributed by atoms with E-state index in [0.29, 0.717) is 24.1 Å². The minimum Gasteiger partial charge on any atom is -0.329 e. The standard InChI is InChI=1S/C15H24ClFN2/c1-10(2)8-11(3)19(4)14(9-18)12-6-5-7-13(16)15(12)17/h5-7,10-11,14H,8-9,18H2,1-4H3. The molecule has 108 valence electrons. The topological polar surface area (TPSA) is 29.3 Å². The van der Waals surface area contributed by atoms with Crippen molar-refractivity contribution in [2.45, 2.75) is 39.3 Å². The number of likely N-dealkylation sites (N-methyl/N-ethyl adjacent to an activating group) is 1. The van der Waals surface area contributed by atoms with Crippen molar-refractivity contribution in [1.82, 2.24) is 4.90 Å². The normalized spacial score (nSPS) is 15.0. The van der Waals surface area contributed by atoms with Gasteiger partial charge in [-0.05, 0) is 32.4 Å². The van der Waals surface area contributed by atoms with E-state index in [-0.39, 0.29) is 16.9 Å². The molecule has 1 aromatic carbocycles. The van der Waals surface area contributed by atoms with Gasteiger partial charge in [0.05, 0.1) is 5.02 Å². The molecule has 2 unspecified atom stereocenters. The molecule has 0 aliphatic rings. The maximum Gasteiger partial charge on any atom is 0.146 e. The predicted octanol–water partition coefficient (Wildman–Crippen LogP) is 3.85. The van der Waals surface area contributed by atoms with E-state index in [1.165, 1.54) is 0 Å². The molecule has 4 heteroatoms. The molecule has 0 aliphatic carbocycles. The van der Waals surface area contributed by atoms with Crippen molar-refractivity contribution in [2.24, 2.45) is 11.7 Å². The number of nitrogens with zero attached hydrogens (tertiary/aromatic N) is 1. The molecule has 0 bridgehead atoms. The highest BCUT2D eigenvalue weighted by Crippen LogP contribution is 2.28. The number of hydrogen-bond acceptors (Lipinski definition) is 2. The lowest BCUT2D eigenvalue weighted by Crippen LogP contribution is -2.38. The second-order valence-electron chi connectivity index (χ2n) is 5.54. The lowest BCUT2D eigenvalue weighted by atomic mass is 9.99. The first-order valence-corrected chi connectivity index (χ1v) is 7.12. The van der Waals surface area contributed by atoms with Crippen LogP contribution in [0.5, 0.6) is 0 Å². The molecular formula is C15H24ClFN2. The van der Waals surface area contributed by atoms with Crippen LogP contribution in [0.2, 0.25) is 5.02 Å². The Balaban J connectivity index is 2.96. The molecule has 2 N–H and O–H groups in total. The summed E-state index contributed by atoms with van der Waals surface area (Å²) in [4.78, 5) is 2.13. The van der Waals surface area contributed by atoms with Gasteiger partial charge in [0.15, 0.2) is 0 Å². The van der Waals surface area contributed by atoms with Gasteiger partial charge in [-0.3, -0.25) is 4.90 Å². The van der Waals surface area contributed by atoms with Crippen molar-refractivity contribution < 1.29 is 4.39 Å². The van der Waals surface area contributed by atoms with Gasteiger partial charge in [-0.25, -0.2) is 4.39 Å². The Kier molecular flexibility index (Phi) is 6.24. The van der Waals surface area contributed by atoms with Gasteiger partial charge in [0, 0.05) is 24.2 Å². The van der Waals surface area contributed by atoms with Crippen LogP contribution < -0.4 is 5.73 Å². The zero-order valence-corrected chi connectivity index (χ0v) is 12.9. The van der Waals surface area contributed by atoms with Crippen LogP contribution in [0.3, 0.4) is 0 Å². The van der Waals surface area contributed by atoms with Crippen LogP contribution in [0.1, 0.15) is 38.8 Å². The first-order chi connectivity index (χ1) is 8.88. The van der Waals surface area contributed by atoms with E-state index in [1.807, 2.05) is 7.05 Å². The van der Waals surface area contributed by atoms with E-state index >= 15 is 0 Å². The molecular weight excluding hydrogens is 263 g/mol. The first-order valence-electron chi connectivity index (χ1n) is 6.74. The molecule has 19 heavy (non-hydrogen) atoms. The highest BCUT2D eigenvalue weighted by atomic mass is 35.5. The van der Waals surface area contributed by atoms with Gasteiger partial charge in [0.25, 0.3) is 0 Å². The first kappa shape index (κ1) is 16.4. The lowest BCUT2D eigenvalue weighted by Gasteiger charge is -2.34. The number of benzene rings is 1.